The summed E-state index contributed by atoms with van der Waals surface area (Å²) in [6, 6.07) is 5.46. The number of carbonyl (C=O) groups excluding carboxylic acids is 1. The molecule has 82 valence electrons. The van der Waals surface area contributed by atoms with Crippen LogP contribution in [0.2, 0.25) is 0 Å². The highest BCUT2D eigenvalue weighted by atomic mass is 16.3. The van der Waals surface area contributed by atoms with Gasteiger partial charge in [0, 0.05) is 24.4 Å². The van der Waals surface area contributed by atoms with Crippen molar-refractivity contribution in [2.45, 2.75) is 25.8 Å². The number of hydrogen-bond acceptors (Lipinski definition) is 3. The van der Waals surface area contributed by atoms with E-state index in [0.717, 1.165) is 5.69 Å². The average Bonchev–Trinajstić information content (AvgIpc) is 2.27. The van der Waals surface area contributed by atoms with Crippen molar-refractivity contribution in [2.24, 2.45) is 0 Å². The van der Waals surface area contributed by atoms with E-state index in [4.69, 9.17) is 5.11 Å². The molecule has 15 heavy (non-hydrogen) atoms. The molecule has 0 aromatic carbocycles. The molecule has 0 aliphatic heterocycles. The molecule has 0 saturated carbocycles. The van der Waals surface area contributed by atoms with Crippen LogP contribution in [-0.2, 0) is 11.2 Å². The van der Waals surface area contributed by atoms with Crippen molar-refractivity contribution in [2.75, 3.05) is 6.61 Å². The molecule has 1 aromatic heterocycles. The summed E-state index contributed by atoms with van der Waals surface area (Å²) in [4.78, 5) is 15.5. The summed E-state index contributed by atoms with van der Waals surface area (Å²) in [6.07, 6.45) is 2.75. The van der Waals surface area contributed by atoms with Crippen LogP contribution in [0, 0.1) is 0 Å². The molecule has 0 fully saturated rings. The van der Waals surface area contributed by atoms with Crippen LogP contribution in [0.1, 0.15) is 19.0 Å². The fraction of sp³-hybridized carbons (Fsp3) is 0.455. The van der Waals surface area contributed by atoms with Gasteiger partial charge in [-0.15, -0.1) is 0 Å². The smallest absolute Gasteiger partial charge is 0.220 e. The molecule has 4 nitrogen and oxygen atoms in total. The normalized spacial score (nSPS) is 12.1. The molecule has 1 amide bonds. The van der Waals surface area contributed by atoms with Gasteiger partial charge in [0.05, 0.1) is 6.61 Å². The van der Waals surface area contributed by atoms with Crippen LogP contribution in [0.25, 0.3) is 0 Å². The van der Waals surface area contributed by atoms with Crippen molar-refractivity contribution < 1.29 is 9.90 Å². The first-order valence-corrected chi connectivity index (χ1v) is 5.02. The number of nitrogens with zero attached hydrogens (tertiary/aromatic N) is 1. The monoisotopic (exact) mass is 208 g/mol. The van der Waals surface area contributed by atoms with Gasteiger partial charge >= 0.3 is 0 Å². The molecule has 1 atom stereocenters. The third-order valence-electron chi connectivity index (χ3n) is 2.02. The lowest BCUT2D eigenvalue weighted by atomic mass is 10.2. The second-order valence-electron chi connectivity index (χ2n) is 3.47. The highest BCUT2D eigenvalue weighted by molar-refractivity contribution is 5.76. The van der Waals surface area contributed by atoms with Gasteiger partial charge in [0.15, 0.2) is 0 Å². The Morgan fingerprint density at radius 2 is 2.40 bits per heavy atom. The molecule has 4 heteroatoms. The first-order chi connectivity index (χ1) is 7.22. The van der Waals surface area contributed by atoms with Gasteiger partial charge in [-0.1, -0.05) is 6.07 Å². The SMILES string of the molecule is C[C@@H](CO)NC(=O)CCc1ccccn1. The molecule has 1 aromatic rings. The molecule has 0 saturated heterocycles. The Balaban J connectivity index is 2.29. The van der Waals surface area contributed by atoms with Crippen molar-refractivity contribution in [1.82, 2.24) is 10.3 Å². The van der Waals surface area contributed by atoms with Gasteiger partial charge in [-0.2, -0.15) is 0 Å². The van der Waals surface area contributed by atoms with Crippen LogP contribution in [0.5, 0.6) is 0 Å². The van der Waals surface area contributed by atoms with E-state index >= 15 is 0 Å². The molecule has 0 unspecified atom stereocenters. The molecule has 1 heterocycles. The standard InChI is InChI=1S/C11H16N2O2/c1-9(8-14)13-11(15)6-5-10-4-2-3-7-12-10/h2-4,7,9,14H,5-6,8H2,1H3,(H,13,15)/t9-/m0/s1. The molecule has 0 bridgehead atoms. The second kappa shape index (κ2) is 6.14. The fourth-order valence-corrected chi connectivity index (χ4v) is 1.18. The van der Waals surface area contributed by atoms with E-state index in [2.05, 4.69) is 10.3 Å². The van der Waals surface area contributed by atoms with E-state index in [-0.39, 0.29) is 18.6 Å². The third kappa shape index (κ3) is 4.56. The number of rotatable bonds is 5. The van der Waals surface area contributed by atoms with Crippen LogP contribution in [-0.4, -0.2) is 28.6 Å². The lowest BCUT2D eigenvalue weighted by molar-refractivity contribution is -0.121. The Bertz CT molecular complexity index is 301. The molecule has 1 rings (SSSR count). The molecular weight excluding hydrogens is 192 g/mol. The average molecular weight is 208 g/mol. The molecule has 0 radical (unpaired) electrons. The summed E-state index contributed by atoms with van der Waals surface area (Å²) in [5.74, 6) is -0.0535. The van der Waals surface area contributed by atoms with E-state index in [1.807, 2.05) is 18.2 Å². The Labute approximate surface area is 89.3 Å². The van der Waals surface area contributed by atoms with E-state index in [1.165, 1.54) is 0 Å². The van der Waals surface area contributed by atoms with E-state index in [1.54, 1.807) is 13.1 Å². The van der Waals surface area contributed by atoms with Crippen LogP contribution in [0.15, 0.2) is 24.4 Å². The molecular formula is C11H16N2O2. The predicted octanol–water partition coefficient (Wildman–Crippen LogP) is 0.511. The Kier molecular flexibility index (Phi) is 4.77. The lowest BCUT2D eigenvalue weighted by Crippen LogP contribution is -2.35. The van der Waals surface area contributed by atoms with Crippen molar-refractivity contribution in [3.8, 4) is 0 Å². The quantitative estimate of drug-likeness (QED) is 0.741. The first-order valence-electron chi connectivity index (χ1n) is 5.02. The molecule has 0 aliphatic rings. The number of aliphatic hydroxyl groups is 1. The van der Waals surface area contributed by atoms with E-state index < -0.39 is 0 Å². The van der Waals surface area contributed by atoms with Gasteiger partial charge in [0.1, 0.15) is 0 Å². The number of aromatic nitrogens is 1. The number of amides is 1. The van der Waals surface area contributed by atoms with Crippen LogP contribution in [0.4, 0.5) is 0 Å². The summed E-state index contributed by atoms with van der Waals surface area (Å²) >= 11 is 0. The highest BCUT2D eigenvalue weighted by Gasteiger charge is 2.06. The number of carbonyl (C=O) groups is 1. The molecule has 0 spiro atoms. The van der Waals surface area contributed by atoms with E-state index in [0.29, 0.717) is 12.8 Å². The number of pyridine rings is 1. The highest BCUT2D eigenvalue weighted by Crippen LogP contribution is 1.98. The summed E-state index contributed by atoms with van der Waals surface area (Å²) in [6.45, 7) is 1.73. The largest absolute Gasteiger partial charge is 0.394 e. The third-order valence-corrected chi connectivity index (χ3v) is 2.02. The topological polar surface area (TPSA) is 62.2 Å². The van der Waals surface area contributed by atoms with Gasteiger partial charge in [-0.25, -0.2) is 0 Å². The van der Waals surface area contributed by atoms with Crippen LogP contribution >= 0.6 is 0 Å². The number of nitrogens with one attached hydrogen (secondary N) is 1. The van der Waals surface area contributed by atoms with Gasteiger partial charge < -0.3 is 10.4 Å². The summed E-state index contributed by atoms with van der Waals surface area (Å²) in [7, 11) is 0. The minimum atomic E-state index is -0.179. The first kappa shape index (κ1) is 11.7. The zero-order chi connectivity index (χ0) is 11.1. The Morgan fingerprint density at radius 3 is 3.00 bits per heavy atom. The lowest BCUT2D eigenvalue weighted by Gasteiger charge is -2.10. The fourth-order valence-electron chi connectivity index (χ4n) is 1.18. The van der Waals surface area contributed by atoms with Gasteiger partial charge in [-0.05, 0) is 25.5 Å². The minimum absolute atomic E-state index is 0.0324. The van der Waals surface area contributed by atoms with Gasteiger partial charge in [0.2, 0.25) is 5.91 Å². The van der Waals surface area contributed by atoms with Crippen LogP contribution < -0.4 is 5.32 Å². The van der Waals surface area contributed by atoms with Crippen molar-refractivity contribution in [1.29, 1.82) is 0 Å². The predicted molar refractivity (Wildman–Crippen MR) is 57.2 cm³/mol. The zero-order valence-electron chi connectivity index (χ0n) is 8.81. The van der Waals surface area contributed by atoms with Gasteiger partial charge in [-0.3, -0.25) is 9.78 Å². The van der Waals surface area contributed by atoms with Crippen molar-refractivity contribution in [3.63, 3.8) is 0 Å². The molecule has 0 aliphatic carbocycles. The minimum Gasteiger partial charge on any atom is -0.394 e. The maximum absolute atomic E-state index is 11.3. The van der Waals surface area contributed by atoms with Gasteiger partial charge in [0.25, 0.3) is 0 Å². The van der Waals surface area contributed by atoms with Crippen molar-refractivity contribution in [3.05, 3.63) is 30.1 Å². The summed E-state index contributed by atoms with van der Waals surface area (Å²) in [5.41, 5.74) is 0.907. The Hall–Kier alpha value is -1.42. The zero-order valence-corrected chi connectivity index (χ0v) is 8.81. The van der Waals surface area contributed by atoms with Crippen LogP contribution in [0.3, 0.4) is 0 Å². The maximum Gasteiger partial charge on any atom is 0.220 e. The van der Waals surface area contributed by atoms with E-state index in [9.17, 15) is 4.79 Å². The summed E-state index contributed by atoms with van der Waals surface area (Å²) in [5, 5.41) is 11.4. The maximum atomic E-state index is 11.3. The molecule has 2 N–H and O–H groups in total. The number of aliphatic hydroxyl groups excluding tert-OH is 1. The number of hydrogen-bond donors (Lipinski definition) is 2. The Morgan fingerprint density at radius 1 is 1.60 bits per heavy atom. The summed E-state index contributed by atoms with van der Waals surface area (Å²) < 4.78 is 0. The number of aryl methyl sites for hydroxylation is 1. The second-order valence-corrected chi connectivity index (χ2v) is 3.47. The van der Waals surface area contributed by atoms with Crippen molar-refractivity contribution >= 4 is 5.91 Å².